The summed E-state index contributed by atoms with van der Waals surface area (Å²) in [5.74, 6) is 1.76. The molecule has 6 nitrogen and oxygen atoms in total. The summed E-state index contributed by atoms with van der Waals surface area (Å²) in [5, 5.41) is 13.4. The highest BCUT2D eigenvalue weighted by atomic mass is 16.5. The van der Waals surface area contributed by atoms with Crippen LogP contribution in [0.5, 0.6) is 5.75 Å². The zero-order valence-electron chi connectivity index (χ0n) is 14.8. The first-order chi connectivity index (χ1) is 12.2. The van der Waals surface area contributed by atoms with Gasteiger partial charge in [-0.15, -0.1) is 0 Å². The Morgan fingerprint density at radius 3 is 2.60 bits per heavy atom. The Balaban J connectivity index is 1.29. The lowest BCUT2D eigenvalue weighted by Gasteiger charge is -2.35. The predicted octanol–water partition coefficient (Wildman–Crippen LogP) is 0.570. The van der Waals surface area contributed by atoms with Gasteiger partial charge in [-0.25, -0.2) is 0 Å². The number of aliphatic hydroxyl groups excluding tert-OH is 1. The number of hydrogen-bond donors (Lipinski definition) is 2. The molecule has 1 heterocycles. The highest BCUT2D eigenvalue weighted by Crippen LogP contribution is 2.27. The number of ether oxygens (including phenoxy) is 1. The van der Waals surface area contributed by atoms with Crippen LogP contribution in [-0.4, -0.2) is 79.3 Å². The fourth-order valence-corrected chi connectivity index (χ4v) is 3.06. The number of carbonyl (C=O) groups is 1. The largest absolute Gasteiger partial charge is 0.491 e. The van der Waals surface area contributed by atoms with E-state index in [0.717, 1.165) is 44.4 Å². The second kappa shape index (κ2) is 9.17. The zero-order chi connectivity index (χ0) is 17.5. The first kappa shape index (κ1) is 18.2. The van der Waals surface area contributed by atoms with Gasteiger partial charge in [0.25, 0.3) is 0 Å². The van der Waals surface area contributed by atoms with Crippen LogP contribution >= 0.6 is 0 Å². The fraction of sp³-hybridized carbons (Fsp3) is 0.632. The molecule has 1 saturated heterocycles. The van der Waals surface area contributed by atoms with Crippen LogP contribution in [0.15, 0.2) is 30.3 Å². The Hall–Kier alpha value is -1.63. The van der Waals surface area contributed by atoms with E-state index in [-0.39, 0.29) is 12.5 Å². The summed E-state index contributed by atoms with van der Waals surface area (Å²) in [6, 6.07) is 9.53. The standard InChI is InChI=1S/C19H29N3O3/c23-17(15-25-18-4-2-1-3-5-18)14-21-8-10-22(11-9-21)19(24)13-20-12-16-6-7-16/h1-5,16-17,20,23H,6-15H2. The van der Waals surface area contributed by atoms with E-state index in [1.807, 2.05) is 35.2 Å². The molecule has 2 N–H and O–H groups in total. The molecule has 1 unspecified atom stereocenters. The molecule has 3 rings (SSSR count). The van der Waals surface area contributed by atoms with Gasteiger partial charge in [0.05, 0.1) is 6.54 Å². The number of para-hydroxylation sites is 1. The predicted molar refractivity (Wildman–Crippen MR) is 96.6 cm³/mol. The van der Waals surface area contributed by atoms with Crippen LogP contribution in [-0.2, 0) is 4.79 Å². The van der Waals surface area contributed by atoms with Crippen LogP contribution in [0.2, 0.25) is 0 Å². The van der Waals surface area contributed by atoms with E-state index in [4.69, 9.17) is 4.74 Å². The number of carbonyl (C=O) groups excluding carboxylic acids is 1. The van der Waals surface area contributed by atoms with E-state index in [1.54, 1.807) is 0 Å². The average Bonchev–Trinajstić information content (AvgIpc) is 3.46. The molecule has 0 aromatic heterocycles. The molecule has 6 heteroatoms. The van der Waals surface area contributed by atoms with E-state index < -0.39 is 6.10 Å². The number of amides is 1. The molecule has 1 saturated carbocycles. The van der Waals surface area contributed by atoms with E-state index in [1.165, 1.54) is 12.8 Å². The number of benzene rings is 1. The molecular formula is C19H29N3O3. The molecule has 0 radical (unpaired) electrons. The number of hydrogen-bond acceptors (Lipinski definition) is 5. The van der Waals surface area contributed by atoms with Gasteiger partial charge in [-0.05, 0) is 37.4 Å². The highest BCUT2D eigenvalue weighted by molar-refractivity contribution is 5.78. The molecule has 1 atom stereocenters. The molecule has 138 valence electrons. The van der Waals surface area contributed by atoms with Gasteiger partial charge in [0.2, 0.25) is 5.91 Å². The van der Waals surface area contributed by atoms with Gasteiger partial charge in [-0.2, -0.15) is 0 Å². The minimum atomic E-state index is -0.525. The van der Waals surface area contributed by atoms with Gasteiger partial charge in [-0.1, -0.05) is 18.2 Å². The maximum absolute atomic E-state index is 12.2. The second-order valence-electron chi connectivity index (χ2n) is 7.03. The first-order valence-electron chi connectivity index (χ1n) is 9.27. The normalized spacial score (nSPS) is 19.6. The quantitative estimate of drug-likeness (QED) is 0.684. The summed E-state index contributed by atoms with van der Waals surface area (Å²) in [5.41, 5.74) is 0. The van der Waals surface area contributed by atoms with Crippen molar-refractivity contribution >= 4 is 5.91 Å². The number of rotatable bonds is 9. The number of nitrogens with zero attached hydrogens (tertiary/aromatic N) is 2. The SMILES string of the molecule is O=C(CNCC1CC1)N1CCN(CC(O)COc2ccccc2)CC1. The topological polar surface area (TPSA) is 65.0 Å². The maximum atomic E-state index is 12.2. The average molecular weight is 347 g/mol. The van der Waals surface area contributed by atoms with Gasteiger partial charge in [0.15, 0.2) is 0 Å². The van der Waals surface area contributed by atoms with Gasteiger partial charge in [0, 0.05) is 32.7 Å². The fourth-order valence-electron chi connectivity index (χ4n) is 3.06. The number of piperazine rings is 1. The summed E-state index contributed by atoms with van der Waals surface area (Å²) in [6.07, 6.45) is 2.08. The van der Waals surface area contributed by atoms with Crippen LogP contribution in [0.25, 0.3) is 0 Å². The molecule has 1 aliphatic heterocycles. The van der Waals surface area contributed by atoms with Gasteiger partial charge < -0.3 is 20.1 Å². The smallest absolute Gasteiger partial charge is 0.236 e. The molecule has 25 heavy (non-hydrogen) atoms. The molecule has 1 aromatic rings. The van der Waals surface area contributed by atoms with E-state index in [2.05, 4.69) is 10.2 Å². The Bertz CT molecular complexity index is 528. The number of β-amino-alcohol motifs (C(OH)–C–C–N with tert-alkyl or cyclic N) is 1. The van der Waals surface area contributed by atoms with Crippen molar-refractivity contribution in [2.45, 2.75) is 18.9 Å². The van der Waals surface area contributed by atoms with Crippen molar-refractivity contribution in [1.82, 2.24) is 15.1 Å². The summed E-state index contributed by atoms with van der Waals surface area (Å²) < 4.78 is 5.59. The van der Waals surface area contributed by atoms with Crippen LogP contribution in [0.1, 0.15) is 12.8 Å². The Kier molecular flexibility index (Phi) is 6.67. The molecular weight excluding hydrogens is 318 g/mol. The zero-order valence-corrected chi connectivity index (χ0v) is 14.8. The molecule has 1 amide bonds. The van der Waals surface area contributed by atoms with Crippen molar-refractivity contribution in [3.8, 4) is 5.75 Å². The maximum Gasteiger partial charge on any atom is 0.236 e. The Morgan fingerprint density at radius 2 is 1.92 bits per heavy atom. The number of aliphatic hydroxyl groups is 1. The van der Waals surface area contributed by atoms with Gasteiger partial charge in [0.1, 0.15) is 18.5 Å². The molecule has 2 fully saturated rings. The Morgan fingerprint density at radius 1 is 1.20 bits per heavy atom. The minimum absolute atomic E-state index is 0.188. The molecule has 0 spiro atoms. The summed E-state index contributed by atoms with van der Waals surface area (Å²) in [6.45, 7) is 5.35. The lowest BCUT2D eigenvalue weighted by molar-refractivity contribution is -0.132. The van der Waals surface area contributed by atoms with Crippen molar-refractivity contribution in [2.24, 2.45) is 5.92 Å². The van der Waals surface area contributed by atoms with Gasteiger partial charge >= 0.3 is 0 Å². The first-order valence-corrected chi connectivity index (χ1v) is 9.27. The minimum Gasteiger partial charge on any atom is -0.491 e. The third kappa shape index (κ3) is 6.30. The van der Waals surface area contributed by atoms with Crippen LogP contribution in [0.4, 0.5) is 0 Å². The molecule has 1 aliphatic carbocycles. The van der Waals surface area contributed by atoms with Gasteiger partial charge in [-0.3, -0.25) is 9.69 Å². The lowest BCUT2D eigenvalue weighted by Crippen LogP contribution is -2.52. The van der Waals surface area contributed by atoms with Crippen molar-refractivity contribution in [2.75, 3.05) is 52.4 Å². The van der Waals surface area contributed by atoms with Crippen molar-refractivity contribution < 1.29 is 14.6 Å². The van der Waals surface area contributed by atoms with Crippen LogP contribution in [0, 0.1) is 5.92 Å². The lowest BCUT2D eigenvalue weighted by atomic mass is 10.2. The van der Waals surface area contributed by atoms with Crippen molar-refractivity contribution in [3.05, 3.63) is 30.3 Å². The van der Waals surface area contributed by atoms with E-state index in [0.29, 0.717) is 13.1 Å². The molecule has 0 bridgehead atoms. The summed E-state index contributed by atoms with van der Waals surface area (Å²) in [7, 11) is 0. The number of nitrogens with one attached hydrogen (secondary N) is 1. The molecule has 1 aromatic carbocycles. The van der Waals surface area contributed by atoms with E-state index >= 15 is 0 Å². The Labute approximate surface area is 149 Å². The summed E-state index contributed by atoms with van der Waals surface area (Å²) in [4.78, 5) is 16.3. The molecule has 2 aliphatic rings. The monoisotopic (exact) mass is 347 g/mol. The van der Waals surface area contributed by atoms with Crippen molar-refractivity contribution in [3.63, 3.8) is 0 Å². The second-order valence-corrected chi connectivity index (χ2v) is 7.03. The summed E-state index contributed by atoms with van der Waals surface area (Å²) >= 11 is 0. The highest BCUT2D eigenvalue weighted by Gasteiger charge is 2.24. The van der Waals surface area contributed by atoms with Crippen molar-refractivity contribution in [1.29, 1.82) is 0 Å². The third-order valence-electron chi connectivity index (χ3n) is 4.79. The van der Waals surface area contributed by atoms with E-state index in [9.17, 15) is 9.90 Å². The van der Waals surface area contributed by atoms with Crippen LogP contribution in [0.3, 0.4) is 0 Å². The van der Waals surface area contributed by atoms with Crippen LogP contribution < -0.4 is 10.1 Å². The third-order valence-corrected chi connectivity index (χ3v) is 4.79.